The Morgan fingerprint density at radius 1 is 1.40 bits per heavy atom. The Kier molecular flexibility index (Phi) is 7.52. The van der Waals surface area contributed by atoms with E-state index in [0.29, 0.717) is 49.0 Å². The first-order valence-electron chi connectivity index (χ1n) is 10.5. The normalized spacial score (nSPS) is 20.2. The zero-order valence-corrected chi connectivity index (χ0v) is 18.1. The first-order valence-corrected chi connectivity index (χ1v) is 10.5. The van der Waals surface area contributed by atoms with Crippen molar-refractivity contribution >= 4 is 24.5 Å². The molecule has 0 aliphatic carbocycles. The molecule has 0 bridgehead atoms. The summed E-state index contributed by atoms with van der Waals surface area (Å²) in [6.07, 6.45) is 0. The second-order valence-corrected chi connectivity index (χ2v) is 8.30. The van der Waals surface area contributed by atoms with E-state index in [0.717, 1.165) is 12.1 Å². The topological polar surface area (TPSA) is 97.3 Å². The predicted molar refractivity (Wildman–Crippen MR) is 112 cm³/mol. The third kappa shape index (κ3) is 5.03. The first-order chi connectivity index (χ1) is 14.3. The van der Waals surface area contributed by atoms with Gasteiger partial charge in [-0.3, -0.25) is 9.69 Å². The maximum atomic E-state index is 12.9. The van der Waals surface area contributed by atoms with Crippen LogP contribution in [0, 0.1) is 12.8 Å². The number of nitrogens with zero attached hydrogens (tertiary/aromatic N) is 1. The molecule has 30 heavy (non-hydrogen) atoms. The zero-order chi connectivity index (χ0) is 21.8. The van der Waals surface area contributed by atoms with Gasteiger partial charge in [0.1, 0.15) is 12.6 Å². The lowest BCUT2D eigenvalue weighted by Crippen LogP contribution is -2.48. The molecule has 1 saturated heterocycles. The van der Waals surface area contributed by atoms with Crippen molar-refractivity contribution in [2.75, 3.05) is 32.9 Å². The van der Waals surface area contributed by atoms with Crippen LogP contribution in [-0.2, 0) is 25.5 Å². The fourth-order valence-corrected chi connectivity index (χ4v) is 3.92. The summed E-state index contributed by atoms with van der Waals surface area (Å²) in [5, 5.41) is 12.8. The van der Waals surface area contributed by atoms with E-state index in [-0.39, 0.29) is 18.4 Å². The number of carbonyl (C=O) groups excluding carboxylic acids is 2. The molecule has 2 aliphatic heterocycles. The molecule has 9 heteroatoms. The van der Waals surface area contributed by atoms with Crippen molar-refractivity contribution in [2.24, 2.45) is 5.92 Å². The van der Waals surface area contributed by atoms with Crippen molar-refractivity contribution in [1.29, 1.82) is 0 Å². The molecule has 8 nitrogen and oxygen atoms in total. The van der Waals surface area contributed by atoms with Gasteiger partial charge < -0.3 is 24.5 Å². The summed E-state index contributed by atoms with van der Waals surface area (Å²) < 4.78 is 16.1. The number of carbonyl (C=O) groups is 2. The standard InChI is InChI=1S/C21H31BN2O6/c1-13(2)19(21(26)29-10-8-24-7-9-28-11-14(24)3)23-20(25)17-6-5-16-12-30-22(27)18(16)15(17)4/h5-6,13-14,19,27H,7-12H2,1-4H3,(H,23,25). The van der Waals surface area contributed by atoms with Gasteiger partial charge in [-0.15, -0.1) is 0 Å². The largest absolute Gasteiger partial charge is 0.492 e. The molecular formula is C21H31BN2O6. The Bertz CT molecular complexity index is 787. The van der Waals surface area contributed by atoms with Gasteiger partial charge >= 0.3 is 13.1 Å². The lowest BCUT2D eigenvalue weighted by Gasteiger charge is -2.33. The molecule has 3 rings (SSSR count). The fraction of sp³-hybridized carbons (Fsp3) is 0.619. The van der Waals surface area contributed by atoms with Crippen molar-refractivity contribution in [2.45, 2.75) is 46.4 Å². The van der Waals surface area contributed by atoms with E-state index in [1.807, 2.05) is 13.8 Å². The van der Waals surface area contributed by atoms with Crippen LogP contribution in [0.25, 0.3) is 0 Å². The van der Waals surface area contributed by atoms with E-state index in [1.54, 1.807) is 19.1 Å². The van der Waals surface area contributed by atoms with Crippen LogP contribution < -0.4 is 10.8 Å². The molecule has 1 amide bonds. The molecule has 2 unspecified atom stereocenters. The second kappa shape index (κ2) is 9.91. The SMILES string of the molecule is Cc1c(C(=O)NC(C(=O)OCCN2CCOCC2C)C(C)C)ccc2c1B(O)OC2. The van der Waals surface area contributed by atoms with Gasteiger partial charge in [-0.05, 0) is 42.4 Å². The molecule has 2 aliphatic rings. The summed E-state index contributed by atoms with van der Waals surface area (Å²) >= 11 is 0. The van der Waals surface area contributed by atoms with E-state index in [4.69, 9.17) is 14.1 Å². The van der Waals surface area contributed by atoms with Crippen molar-refractivity contribution in [3.05, 3.63) is 28.8 Å². The summed E-state index contributed by atoms with van der Waals surface area (Å²) in [6.45, 7) is 11.0. The molecular weight excluding hydrogens is 387 g/mol. The van der Waals surface area contributed by atoms with Crippen molar-refractivity contribution in [3.8, 4) is 0 Å². The van der Waals surface area contributed by atoms with E-state index in [2.05, 4.69) is 17.1 Å². The van der Waals surface area contributed by atoms with Gasteiger partial charge in [-0.1, -0.05) is 19.9 Å². The van der Waals surface area contributed by atoms with Crippen molar-refractivity contribution in [1.82, 2.24) is 10.2 Å². The highest BCUT2D eigenvalue weighted by molar-refractivity contribution is 6.62. The smallest absolute Gasteiger partial charge is 0.463 e. The number of esters is 1. The Morgan fingerprint density at radius 3 is 2.87 bits per heavy atom. The molecule has 0 aromatic heterocycles. The molecule has 1 aromatic rings. The number of rotatable bonds is 7. The zero-order valence-electron chi connectivity index (χ0n) is 18.1. The fourth-order valence-electron chi connectivity index (χ4n) is 3.92. The average Bonchev–Trinajstić information content (AvgIpc) is 3.09. The highest BCUT2D eigenvalue weighted by Gasteiger charge is 2.32. The van der Waals surface area contributed by atoms with Crippen molar-refractivity contribution in [3.63, 3.8) is 0 Å². The molecule has 0 radical (unpaired) electrons. The highest BCUT2D eigenvalue weighted by atomic mass is 16.5. The Balaban J connectivity index is 1.60. The number of hydrogen-bond acceptors (Lipinski definition) is 7. The van der Waals surface area contributed by atoms with Crippen LogP contribution in [-0.4, -0.2) is 73.9 Å². The van der Waals surface area contributed by atoms with Crippen LogP contribution in [0.5, 0.6) is 0 Å². The highest BCUT2D eigenvalue weighted by Crippen LogP contribution is 2.17. The van der Waals surface area contributed by atoms with Crippen LogP contribution in [0.1, 0.15) is 42.3 Å². The number of fused-ring (bicyclic) bond motifs is 1. The number of nitrogens with one attached hydrogen (secondary N) is 1. The molecule has 164 valence electrons. The van der Waals surface area contributed by atoms with Crippen LogP contribution in [0.2, 0.25) is 0 Å². The van der Waals surface area contributed by atoms with Gasteiger partial charge in [0.2, 0.25) is 0 Å². The lowest BCUT2D eigenvalue weighted by molar-refractivity contribution is -0.148. The minimum atomic E-state index is -1.03. The predicted octanol–water partition coefficient (Wildman–Crippen LogP) is 0.231. The van der Waals surface area contributed by atoms with Crippen molar-refractivity contribution < 1.29 is 28.7 Å². The quantitative estimate of drug-likeness (QED) is 0.483. The maximum absolute atomic E-state index is 12.9. The van der Waals surface area contributed by atoms with Gasteiger partial charge in [0.15, 0.2) is 0 Å². The van der Waals surface area contributed by atoms with Gasteiger partial charge in [0.25, 0.3) is 5.91 Å². The summed E-state index contributed by atoms with van der Waals surface area (Å²) in [4.78, 5) is 27.8. The minimum Gasteiger partial charge on any atom is -0.463 e. The summed E-state index contributed by atoms with van der Waals surface area (Å²) in [5.74, 6) is -0.944. The number of benzene rings is 1. The lowest BCUT2D eigenvalue weighted by atomic mass is 9.75. The van der Waals surface area contributed by atoms with Crippen LogP contribution in [0.3, 0.4) is 0 Å². The van der Waals surface area contributed by atoms with Crippen LogP contribution in [0.4, 0.5) is 0 Å². The number of morpholine rings is 1. The summed E-state index contributed by atoms with van der Waals surface area (Å²) in [6, 6.07) is 3.02. The van der Waals surface area contributed by atoms with Crippen LogP contribution >= 0.6 is 0 Å². The van der Waals surface area contributed by atoms with Gasteiger partial charge in [0.05, 0.1) is 19.8 Å². The van der Waals surface area contributed by atoms with E-state index in [1.165, 1.54) is 0 Å². The van der Waals surface area contributed by atoms with E-state index >= 15 is 0 Å². The first kappa shape index (κ1) is 22.7. The molecule has 0 saturated carbocycles. The van der Waals surface area contributed by atoms with E-state index in [9.17, 15) is 14.6 Å². The molecule has 1 aromatic carbocycles. The summed E-state index contributed by atoms with van der Waals surface area (Å²) in [7, 11) is -1.03. The molecule has 2 N–H and O–H groups in total. The second-order valence-electron chi connectivity index (χ2n) is 8.30. The molecule has 1 fully saturated rings. The minimum absolute atomic E-state index is 0.132. The van der Waals surface area contributed by atoms with Crippen LogP contribution in [0.15, 0.2) is 12.1 Å². The van der Waals surface area contributed by atoms with Gasteiger partial charge in [0, 0.05) is 24.7 Å². The average molecular weight is 418 g/mol. The number of amides is 1. The Morgan fingerprint density at radius 2 is 2.17 bits per heavy atom. The molecule has 0 spiro atoms. The Labute approximate surface area is 178 Å². The Hall–Kier alpha value is -1.94. The molecule has 2 heterocycles. The maximum Gasteiger partial charge on any atom is 0.492 e. The van der Waals surface area contributed by atoms with E-state index < -0.39 is 19.1 Å². The monoisotopic (exact) mass is 418 g/mol. The summed E-state index contributed by atoms with van der Waals surface area (Å²) in [5.41, 5.74) is 2.57. The number of hydrogen-bond donors (Lipinski definition) is 2. The van der Waals surface area contributed by atoms with Gasteiger partial charge in [-0.2, -0.15) is 0 Å². The van der Waals surface area contributed by atoms with Gasteiger partial charge in [-0.25, -0.2) is 4.79 Å². The third-order valence-electron chi connectivity index (χ3n) is 5.83. The molecule has 2 atom stereocenters. The third-order valence-corrected chi connectivity index (χ3v) is 5.83. The number of ether oxygens (including phenoxy) is 2.